The van der Waals surface area contributed by atoms with Crippen LogP contribution in [0.1, 0.15) is 12.0 Å². The van der Waals surface area contributed by atoms with Crippen molar-refractivity contribution >= 4 is 11.6 Å². The van der Waals surface area contributed by atoms with E-state index in [0.717, 1.165) is 23.1 Å². The topological polar surface area (TPSA) is 20.3 Å². The Morgan fingerprint density at radius 1 is 0.889 bits per heavy atom. The number of amides is 1. The number of anilines is 1. The van der Waals surface area contributed by atoms with Crippen LogP contribution >= 0.6 is 0 Å². The SMILES string of the molecule is C=CC(=O)N(CCC(F)(F)F)c1ccc(-c2ccc(C(F)(F)F)cc2)cc1. The van der Waals surface area contributed by atoms with Gasteiger partial charge < -0.3 is 4.90 Å². The number of hydrogen-bond donors (Lipinski definition) is 0. The van der Waals surface area contributed by atoms with Crippen LogP contribution in [0.25, 0.3) is 11.1 Å². The zero-order chi connectivity index (χ0) is 20.2. The summed E-state index contributed by atoms with van der Waals surface area (Å²) in [6.07, 6.45) is -9.11. The summed E-state index contributed by atoms with van der Waals surface area (Å²) in [4.78, 5) is 12.8. The highest BCUT2D eigenvalue weighted by Gasteiger charge is 2.30. The summed E-state index contributed by atoms with van der Waals surface area (Å²) >= 11 is 0. The first-order valence-corrected chi connectivity index (χ1v) is 7.79. The Balaban J connectivity index is 2.23. The van der Waals surface area contributed by atoms with Gasteiger partial charge in [0, 0.05) is 12.2 Å². The highest BCUT2D eigenvalue weighted by molar-refractivity contribution is 6.01. The van der Waals surface area contributed by atoms with Crippen molar-refractivity contribution in [2.24, 2.45) is 0 Å². The molecule has 2 nitrogen and oxygen atoms in total. The molecule has 0 fully saturated rings. The highest BCUT2D eigenvalue weighted by Crippen LogP contribution is 2.31. The maximum absolute atomic E-state index is 12.6. The fourth-order valence-corrected chi connectivity index (χ4v) is 2.40. The van der Waals surface area contributed by atoms with Gasteiger partial charge in [-0.3, -0.25) is 4.79 Å². The Bertz CT molecular complexity index is 791. The lowest BCUT2D eigenvalue weighted by Crippen LogP contribution is -2.32. The van der Waals surface area contributed by atoms with Crippen molar-refractivity contribution in [1.29, 1.82) is 0 Å². The molecule has 0 aliphatic rings. The second kappa shape index (κ2) is 7.85. The molecule has 144 valence electrons. The van der Waals surface area contributed by atoms with Gasteiger partial charge in [-0.2, -0.15) is 26.3 Å². The van der Waals surface area contributed by atoms with Crippen LogP contribution in [-0.4, -0.2) is 18.6 Å². The fourth-order valence-electron chi connectivity index (χ4n) is 2.40. The van der Waals surface area contributed by atoms with Crippen molar-refractivity contribution in [3.8, 4) is 11.1 Å². The quantitative estimate of drug-likeness (QED) is 0.466. The number of halogens is 6. The van der Waals surface area contributed by atoms with Crippen molar-refractivity contribution in [1.82, 2.24) is 0 Å². The van der Waals surface area contributed by atoms with Gasteiger partial charge in [-0.15, -0.1) is 0 Å². The zero-order valence-electron chi connectivity index (χ0n) is 13.9. The third-order valence-electron chi connectivity index (χ3n) is 3.78. The van der Waals surface area contributed by atoms with Crippen LogP contribution in [0.5, 0.6) is 0 Å². The molecule has 0 spiro atoms. The second-order valence-electron chi connectivity index (χ2n) is 5.68. The normalized spacial score (nSPS) is 11.9. The van der Waals surface area contributed by atoms with Gasteiger partial charge in [-0.1, -0.05) is 30.8 Å². The molecule has 0 heterocycles. The predicted octanol–water partition coefficient (Wildman–Crippen LogP) is 5.84. The van der Waals surface area contributed by atoms with E-state index in [4.69, 9.17) is 0 Å². The molecule has 0 radical (unpaired) electrons. The van der Waals surface area contributed by atoms with E-state index in [1.165, 1.54) is 36.4 Å². The molecule has 0 aliphatic carbocycles. The van der Waals surface area contributed by atoms with Crippen LogP contribution in [0.2, 0.25) is 0 Å². The average Bonchev–Trinajstić information content (AvgIpc) is 2.60. The molecular formula is C19H15F6NO. The van der Waals surface area contributed by atoms with E-state index in [9.17, 15) is 31.1 Å². The Morgan fingerprint density at radius 3 is 1.78 bits per heavy atom. The summed E-state index contributed by atoms with van der Waals surface area (Å²) in [5.41, 5.74) is 0.526. The summed E-state index contributed by atoms with van der Waals surface area (Å²) in [6.45, 7) is 2.72. The number of alkyl halides is 6. The molecule has 0 unspecified atom stereocenters. The van der Waals surface area contributed by atoms with Gasteiger partial charge in [-0.05, 0) is 41.5 Å². The van der Waals surface area contributed by atoms with Gasteiger partial charge in [0.05, 0.1) is 12.0 Å². The molecule has 0 aromatic heterocycles. The van der Waals surface area contributed by atoms with E-state index in [2.05, 4.69) is 6.58 Å². The number of benzene rings is 2. The molecule has 0 saturated carbocycles. The van der Waals surface area contributed by atoms with Crippen molar-refractivity contribution in [2.75, 3.05) is 11.4 Å². The third-order valence-corrected chi connectivity index (χ3v) is 3.78. The van der Waals surface area contributed by atoms with Crippen molar-refractivity contribution in [3.05, 3.63) is 66.7 Å². The van der Waals surface area contributed by atoms with Crippen LogP contribution in [0.4, 0.5) is 32.0 Å². The molecule has 0 saturated heterocycles. The molecule has 0 atom stereocenters. The number of carbonyl (C=O) groups is 1. The number of nitrogens with zero attached hydrogens (tertiary/aromatic N) is 1. The molecule has 2 aromatic carbocycles. The minimum absolute atomic E-state index is 0.236. The lowest BCUT2D eigenvalue weighted by atomic mass is 10.0. The van der Waals surface area contributed by atoms with Crippen molar-refractivity contribution < 1.29 is 31.1 Å². The fraction of sp³-hybridized carbons (Fsp3) is 0.211. The van der Waals surface area contributed by atoms with Gasteiger partial charge in [-0.25, -0.2) is 0 Å². The molecular weight excluding hydrogens is 372 g/mol. The largest absolute Gasteiger partial charge is 0.416 e. The average molecular weight is 387 g/mol. The van der Waals surface area contributed by atoms with Gasteiger partial charge in [0.1, 0.15) is 0 Å². The van der Waals surface area contributed by atoms with Crippen LogP contribution in [0.15, 0.2) is 61.2 Å². The standard InChI is InChI=1S/C19H15F6NO/c1-2-17(27)26(12-11-18(20,21)22)16-9-5-14(6-10-16)13-3-7-15(8-4-13)19(23,24)25/h2-10H,1,11-12H2. The lowest BCUT2D eigenvalue weighted by Gasteiger charge is -2.22. The van der Waals surface area contributed by atoms with E-state index < -0.39 is 36.8 Å². The van der Waals surface area contributed by atoms with Gasteiger partial charge >= 0.3 is 12.4 Å². The first-order chi connectivity index (χ1) is 12.5. The highest BCUT2D eigenvalue weighted by atomic mass is 19.4. The number of carbonyl (C=O) groups excluding carboxylic acids is 1. The minimum atomic E-state index is -4.44. The first-order valence-electron chi connectivity index (χ1n) is 7.79. The maximum Gasteiger partial charge on any atom is 0.416 e. The van der Waals surface area contributed by atoms with Crippen LogP contribution in [0, 0.1) is 0 Å². The van der Waals surface area contributed by atoms with Crippen LogP contribution in [0.3, 0.4) is 0 Å². The third kappa shape index (κ3) is 5.60. The van der Waals surface area contributed by atoms with E-state index in [1.807, 2.05) is 0 Å². The van der Waals surface area contributed by atoms with Crippen molar-refractivity contribution in [2.45, 2.75) is 18.8 Å². The summed E-state index contributed by atoms with van der Waals surface area (Å²) in [5, 5.41) is 0. The molecule has 27 heavy (non-hydrogen) atoms. The van der Waals surface area contributed by atoms with Crippen LogP contribution < -0.4 is 4.90 Å². The Morgan fingerprint density at radius 2 is 1.37 bits per heavy atom. The molecule has 2 aromatic rings. The molecule has 1 amide bonds. The molecule has 0 N–H and O–H groups in total. The Kier molecular flexibility index (Phi) is 5.98. The predicted molar refractivity (Wildman–Crippen MR) is 90.1 cm³/mol. The number of hydrogen-bond acceptors (Lipinski definition) is 1. The lowest BCUT2D eigenvalue weighted by molar-refractivity contribution is -0.137. The Hall–Kier alpha value is -2.77. The Labute approximate surface area is 151 Å². The summed E-state index contributed by atoms with van der Waals surface area (Å²) in [7, 11) is 0. The smallest absolute Gasteiger partial charge is 0.309 e. The van der Waals surface area contributed by atoms with Gasteiger partial charge in [0.25, 0.3) is 0 Å². The minimum Gasteiger partial charge on any atom is -0.309 e. The van der Waals surface area contributed by atoms with E-state index in [-0.39, 0.29) is 5.69 Å². The number of rotatable bonds is 5. The summed E-state index contributed by atoms with van der Waals surface area (Å²) in [5.74, 6) is -0.679. The first kappa shape index (κ1) is 20.5. The van der Waals surface area contributed by atoms with E-state index >= 15 is 0 Å². The monoisotopic (exact) mass is 387 g/mol. The van der Waals surface area contributed by atoms with Crippen LogP contribution in [-0.2, 0) is 11.0 Å². The second-order valence-corrected chi connectivity index (χ2v) is 5.68. The summed E-state index contributed by atoms with van der Waals surface area (Å²) < 4.78 is 75.2. The molecule has 0 bridgehead atoms. The van der Waals surface area contributed by atoms with Crippen molar-refractivity contribution in [3.63, 3.8) is 0 Å². The maximum atomic E-state index is 12.6. The molecule has 8 heteroatoms. The molecule has 0 aliphatic heterocycles. The van der Waals surface area contributed by atoms with Gasteiger partial charge in [0.2, 0.25) is 5.91 Å². The molecule has 2 rings (SSSR count). The zero-order valence-corrected chi connectivity index (χ0v) is 13.9. The van der Waals surface area contributed by atoms with E-state index in [1.54, 1.807) is 0 Å². The van der Waals surface area contributed by atoms with E-state index in [0.29, 0.717) is 11.1 Å². The summed E-state index contributed by atoms with van der Waals surface area (Å²) in [6, 6.07) is 10.4. The van der Waals surface area contributed by atoms with Gasteiger partial charge in [0.15, 0.2) is 0 Å².